The summed E-state index contributed by atoms with van der Waals surface area (Å²) in [6.07, 6.45) is 1.63. The van der Waals surface area contributed by atoms with Crippen LogP contribution in [0.25, 0.3) is 0 Å². The van der Waals surface area contributed by atoms with Crippen LogP contribution in [0.2, 0.25) is 0 Å². The van der Waals surface area contributed by atoms with E-state index in [9.17, 15) is 8.78 Å². The lowest BCUT2D eigenvalue weighted by Gasteiger charge is -2.47. The SMILES string of the molecule is Cn1cccc1C1(CN)CC(F)(F)C1. The van der Waals surface area contributed by atoms with Crippen molar-refractivity contribution in [1.82, 2.24) is 4.57 Å². The van der Waals surface area contributed by atoms with Crippen molar-refractivity contribution in [3.05, 3.63) is 24.0 Å². The van der Waals surface area contributed by atoms with Crippen LogP contribution in [-0.4, -0.2) is 17.0 Å². The molecular weight excluding hydrogens is 186 g/mol. The van der Waals surface area contributed by atoms with Crippen LogP contribution in [0.4, 0.5) is 8.78 Å². The van der Waals surface area contributed by atoms with Crippen molar-refractivity contribution in [2.45, 2.75) is 24.2 Å². The van der Waals surface area contributed by atoms with Gasteiger partial charge in [0.2, 0.25) is 5.92 Å². The van der Waals surface area contributed by atoms with Crippen molar-refractivity contribution >= 4 is 0 Å². The quantitative estimate of drug-likeness (QED) is 0.773. The fourth-order valence-corrected chi connectivity index (χ4v) is 2.38. The highest BCUT2D eigenvalue weighted by Gasteiger charge is 2.57. The fourth-order valence-electron chi connectivity index (χ4n) is 2.38. The summed E-state index contributed by atoms with van der Waals surface area (Å²) in [5.41, 5.74) is 6.03. The average Bonchev–Trinajstić information content (AvgIpc) is 2.46. The number of alkyl halides is 2. The van der Waals surface area contributed by atoms with Gasteiger partial charge < -0.3 is 10.3 Å². The van der Waals surface area contributed by atoms with Crippen molar-refractivity contribution < 1.29 is 8.78 Å². The first-order valence-electron chi connectivity index (χ1n) is 4.69. The molecule has 1 fully saturated rings. The molecule has 0 aromatic carbocycles. The van der Waals surface area contributed by atoms with E-state index in [4.69, 9.17) is 5.73 Å². The Balaban J connectivity index is 2.29. The molecule has 0 aliphatic heterocycles. The van der Waals surface area contributed by atoms with Crippen molar-refractivity contribution in [1.29, 1.82) is 0 Å². The van der Waals surface area contributed by atoms with Crippen LogP contribution in [0.15, 0.2) is 18.3 Å². The smallest absolute Gasteiger partial charge is 0.250 e. The van der Waals surface area contributed by atoms with Gasteiger partial charge in [0.15, 0.2) is 0 Å². The zero-order chi connectivity index (χ0) is 10.4. The highest BCUT2D eigenvalue weighted by atomic mass is 19.3. The molecule has 0 bridgehead atoms. The van der Waals surface area contributed by atoms with Gasteiger partial charge in [-0.15, -0.1) is 0 Å². The topological polar surface area (TPSA) is 30.9 Å². The fraction of sp³-hybridized carbons (Fsp3) is 0.600. The van der Waals surface area contributed by atoms with E-state index in [1.54, 1.807) is 0 Å². The molecule has 0 saturated heterocycles. The molecule has 14 heavy (non-hydrogen) atoms. The minimum absolute atomic E-state index is 0.117. The number of aromatic nitrogens is 1. The highest BCUT2D eigenvalue weighted by Crippen LogP contribution is 2.52. The average molecular weight is 200 g/mol. The van der Waals surface area contributed by atoms with Gasteiger partial charge in [0.1, 0.15) is 0 Å². The molecule has 2 N–H and O–H groups in total. The van der Waals surface area contributed by atoms with E-state index >= 15 is 0 Å². The number of hydrogen-bond donors (Lipinski definition) is 1. The molecule has 0 spiro atoms. The number of aryl methyl sites for hydroxylation is 1. The minimum atomic E-state index is -2.52. The van der Waals surface area contributed by atoms with Gasteiger partial charge in [-0.1, -0.05) is 0 Å². The van der Waals surface area contributed by atoms with Crippen LogP contribution in [0, 0.1) is 0 Å². The first-order chi connectivity index (χ1) is 6.49. The Morgan fingerprint density at radius 1 is 1.50 bits per heavy atom. The van der Waals surface area contributed by atoms with Gasteiger partial charge in [-0.25, -0.2) is 8.78 Å². The summed E-state index contributed by atoms with van der Waals surface area (Å²) >= 11 is 0. The zero-order valence-corrected chi connectivity index (χ0v) is 8.13. The van der Waals surface area contributed by atoms with Crippen LogP contribution in [0.1, 0.15) is 18.5 Å². The molecule has 1 aliphatic rings. The van der Waals surface area contributed by atoms with Crippen LogP contribution in [-0.2, 0) is 12.5 Å². The van der Waals surface area contributed by atoms with E-state index in [1.165, 1.54) is 0 Å². The Kier molecular flexibility index (Phi) is 1.93. The largest absolute Gasteiger partial charge is 0.354 e. The lowest BCUT2D eigenvalue weighted by atomic mass is 9.64. The molecule has 2 nitrogen and oxygen atoms in total. The minimum Gasteiger partial charge on any atom is -0.354 e. The van der Waals surface area contributed by atoms with Crippen LogP contribution >= 0.6 is 0 Å². The Hall–Kier alpha value is -0.900. The maximum Gasteiger partial charge on any atom is 0.250 e. The first kappa shape index (κ1) is 9.65. The van der Waals surface area contributed by atoms with Gasteiger partial charge in [-0.05, 0) is 12.1 Å². The maximum absolute atomic E-state index is 12.9. The predicted octanol–water partition coefficient (Wildman–Crippen LogP) is 1.65. The third kappa shape index (κ3) is 1.25. The first-order valence-corrected chi connectivity index (χ1v) is 4.69. The van der Waals surface area contributed by atoms with E-state index < -0.39 is 11.3 Å². The Morgan fingerprint density at radius 2 is 2.14 bits per heavy atom. The standard InChI is InChI=1S/C10H14F2N2/c1-14-4-2-3-8(14)9(7-13)5-10(11,12)6-9/h2-4H,5-7,13H2,1H3. The lowest BCUT2D eigenvalue weighted by molar-refractivity contribution is -0.125. The monoisotopic (exact) mass is 200 g/mol. The summed E-state index contributed by atoms with van der Waals surface area (Å²) < 4.78 is 27.6. The second kappa shape index (κ2) is 2.79. The van der Waals surface area contributed by atoms with Gasteiger partial charge >= 0.3 is 0 Å². The number of hydrogen-bond acceptors (Lipinski definition) is 1. The van der Waals surface area contributed by atoms with E-state index in [0.29, 0.717) is 6.54 Å². The van der Waals surface area contributed by atoms with E-state index in [0.717, 1.165) is 5.69 Å². The summed E-state index contributed by atoms with van der Waals surface area (Å²) in [6.45, 7) is 0.292. The number of nitrogens with two attached hydrogens (primary N) is 1. The van der Waals surface area contributed by atoms with E-state index in [2.05, 4.69) is 0 Å². The van der Waals surface area contributed by atoms with E-state index in [-0.39, 0.29) is 12.8 Å². The molecule has 2 rings (SSSR count). The van der Waals surface area contributed by atoms with Crippen molar-refractivity contribution in [2.75, 3.05) is 6.54 Å². The zero-order valence-electron chi connectivity index (χ0n) is 8.13. The second-order valence-electron chi connectivity index (χ2n) is 4.20. The third-order valence-corrected chi connectivity index (χ3v) is 3.07. The third-order valence-electron chi connectivity index (χ3n) is 3.07. The summed E-state index contributed by atoms with van der Waals surface area (Å²) in [7, 11) is 1.86. The molecule has 0 unspecified atom stereocenters. The second-order valence-corrected chi connectivity index (χ2v) is 4.20. The van der Waals surface area contributed by atoms with Gasteiger partial charge in [0.25, 0.3) is 0 Å². The summed E-state index contributed by atoms with van der Waals surface area (Å²) in [4.78, 5) is 0. The summed E-state index contributed by atoms with van der Waals surface area (Å²) in [6, 6.07) is 3.74. The van der Waals surface area contributed by atoms with Crippen LogP contribution < -0.4 is 5.73 Å². The van der Waals surface area contributed by atoms with Crippen molar-refractivity contribution in [3.8, 4) is 0 Å². The van der Waals surface area contributed by atoms with Gasteiger partial charge in [0, 0.05) is 43.7 Å². The normalized spacial score (nSPS) is 23.1. The summed E-state index contributed by atoms with van der Waals surface area (Å²) in [5.74, 6) is -2.52. The molecular formula is C10H14F2N2. The molecule has 78 valence electrons. The van der Waals surface area contributed by atoms with E-state index in [1.807, 2.05) is 29.9 Å². The lowest BCUT2D eigenvalue weighted by Crippen LogP contribution is -2.54. The number of nitrogens with zero attached hydrogens (tertiary/aromatic N) is 1. The molecule has 4 heteroatoms. The predicted molar refractivity (Wildman–Crippen MR) is 50.3 cm³/mol. The van der Waals surface area contributed by atoms with Crippen molar-refractivity contribution in [2.24, 2.45) is 12.8 Å². The van der Waals surface area contributed by atoms with Gasteiger partial charge in [0.05, 0.1) is 0 Å². The number of rotatable bonds is 2. The van der Waals surface area contributed by atoms with Gasteiger partial charge in [-0.2, -0.15) is 0 Å². The molecule has 1 aromatic rings. The molecule has 1 aromatic heterocycles. The Labute approximate surface area is 81.7 Å². The Morgan fingerprint density at radius 3 is 2.50 bits per heavy atom. The van der Waals surface area contributed by atoms with Crippen molar-refractivity contribution in [3.63, 3.8) is 0 Å². The molecule has 1 heterocycles. The molecule has 1 aliphatic carbocycles. The number of halogens is 2. The maximum atomic E-state index is 12.9. The molecule has 0 radical (unpaired) electrons. The molecule has 1 saturated carbocycles. The van der Waals surface area contributed by atoms with Gasteiger partial charge in [-0.3, -0.25) is 0 Å². The molecule has 0 atom stereocenters. The van der Waals surface area contributed by atoms with Crippen LogP contribution in [0.3, 0.4) is 0 Å². The Bertz CT molecular complexity index is 336. The summed E-state index contributed by atoms with van der Waals surface area (Å²) in [5, 5.41) is 0. The molecule has 0 amide bonds. The highest BCUT2D eigenvalue weighted by molar-refractivity contribution is 5.26. The van der Waals surface area contributed by atoms with Crippen LogP contribution in [0.5, 0.6) is 0 Å².